The SMILES string of the molecule is CN=C(NC1CC(C)(OC)C1(C)C)N1CCC(CN2CCCCC2)C1. The molecule has 1 aliphatic carbocycles. The van der Waals surface area contributed by atoms with Crippen molar-refractivity contribution in [2.75, 3.05) is 46.9 Å². The number of rotatable bonds is 4. The second-order valence-corrected chi connectivity index (χ2v) is 9.07. The fourth-order valence-electron chi connectivity index (χ4n) is 4.86. The van der Waals surface area contributed by atoms with Gasteiger partial charge in [-0.3, -0.25) is 4.99 Å². The van der Waals surface area contributed by atoms with Crippen molar-refractivity contribution in [3.63, 3.8) is 0 Å². The summed E-state index contributed by atoms with van der Waals surface area (Å²) in [6.45, 7) is 13.0. The molecule has 1 N–H and O–H groups in total. The maximum Gasteiger partial charge on any atom is 0.193 e. The Morgan fingerprint density at radius 2 is 1.88 bits per heavy atom. The summed E-state index contributed by atoms with van der Waals surface area (Å²) < 4.78 is 5.76. The molecule has 3 fully saturated rings. The topological polar surface area (TPSA) is 40.1 Å². The van der Waals surface area contributed by atoms with Gasteiger partial charge < -0.3 is 19.9 Å². The zero-order valence-electron chi connectivity index (χ0n) is 17.0. The zero-order valence-corrected chi connectivity index (χ0v) is 17.0. The monoisotopic (exact) mass is 350 g/mol. The van der Waals surface area contributed by atoms with Gasteiger partial charge in [-0.15, -0.1) is 0 Å². The molecule has 2 aliphatic heterocycles. The third-order valence-electron chi connectivity index (χ3n) is 7.34. The molecule has 5 heteroatoms. The minimum absolute atomic E-state index is 0.0364. The number of hydrogen-bond donors (Lipinski definition) is 1. The Morgan fingerprint density at radius 3 is 2.48 bits per heavy atom. The van der Waals surface area contributed by atoms with Gasteiger partial charge in [-0.1, -0.05) is 20.3 Å². The highest BCUT2D eigenvalue weighted by Gasteiger charge is 2.58. The molecular weight excluding hydrogens is 312 g/mol. The first-order chi connectivity index (χ1) is 11.9. The average molecular weight is 351 g/mol. The molecule has 0 radical (unpaired) electrons. The van der Waals surface area contributed by atoms with Gasteiger partial charge in [0, 0.05) is 45.2 Å². The minimum Gasteiger partial charge on any atom is -0.378 e. The van der Waals surface area contributed by atoms with Crippen LogP contribution in [0.1, 0.15) is 52.9 Å². The van der Waals surface area contributed by atoms with E-state index >= 15 is 0 Å². The largest absolute Gasteiger partial charge is 0.378 e. The Balaban J connectivity index is 1.51. The van der Waals surface area contributed by atoms with Crippen LogP contribution < -0.4 is 5.32 Å². The van der Waals surface area contributed by atoms with Crippen LogP contribution in [0, 0.1) is 11.3 Å². The van der Waals surface area contributed by atoms with Gasteiger partial charge in [0.1, 0.15) is 0 Å². The van der Waals surface area contributed by atoms with Crippen molar-refractivity contribution in [2.24, 2.45) is 16.3 Å². The van der Waals surface area contributed by atoms with Crippen LogP contribution in [-0.4, -0.2) is 74.3 Å². The summed E-state index contributed by atoms with van der Waals surface area (Å²) in [6.07, 6.45) is 6.52. The lowest BCUT2D eigenvalue weighted by Gasteiger charge is -2.59. The van der Waals surface area contributed by atoms with Crippen molar-refractivity contribution in [3.8, 4) is 0 Å². The summed E-state index contributed by atoms with van der Waals surface area (Å²) in [5, 5.41) is 3.73. The van der Waals surface area contributed by atoms with Gasteiger partial charge in [0.2, 0.25) is 0 Å². The van der Waals surface area contributed by atoms with Crippen LogP contribution in [0.15, 0.2) is 4.99 Å². The average Bonchev–Trinajstić information content (AvgIpc) is 3.07. The highest BCUT2D eigenvalue weighted by atomic mass is 16.5. The van der Waals surface area contributed by atoms with Crippen molar-refractivity contribution in [3.05, 3.63) is 0 Å². The fourth-order valence-corrected chi connectivity index (χ4v) is 4.86. The Morgan fingerprint density at radius 1 is 1.16 bits per heavy atom. The van der Waals surface area contributed by atoms with Crippen molar-refractivity contribution in [2.45, 2.75) is 64.5 Å². The molecule has 0 aromatic rings. The van der Waals surface area contributed by atoms with E-state index in [4.69, 9.17) is 4.74 Å². The van der Waals surface area contributed by atoms with E-state index in [1.807, 2.05) is 14.2 Å². The number of ether oxygens (including phenoxy) is 1. The highest BCUT2D eigenvalue weighted by Crippen LogP contribution is 2.51. The van der Waals surface area contributed by atoms with E-state index in [1.54, 1.807) is 0 Å². The molecule has 0 aromatic carbocycles. The molecule has 5 nitrogen and oxygen atoms in total. The zero-order chi connectivity index (χ0) is 18.1. The predicted octanol–water partition coefficient (Wildman–Crippen LogP) is 2.57. The van der Waals surface area contributed by atoms with E-state index in [1.165, 1.54) is 45.3 Å². The van der Waals surface area contributed by atoms with E-state index in [-0.39, 0.29) is 11.0 Å². The summed E-state index contributed by atoms with van der Waals surface area (Å²) >= 11 is 0. The molecule has 2 saturated heterocycles. The number of methoxy groups -OCH3 is 1. The molecule has 3 aliphatic rings. The molecule has 3 atom stereocenters. The van der Waals surface area contributed by atoms with Gasteiger partial charge in [-0.05, 0) is 51.6 Å². The summed E-state index contributed by atoms with van der Waals surface area (Å²) in [5.74, 6) is 1.87. The quantitative estimate of drug-likeness (QED) is 0.625. The first kappa shape index (κ1) is 19.0. The molecule has 0 bridgehead atoms. The summed E-state index contributed by atoms with van der Waals surface area (Å²) in [7, 11) is 3.75. The number of aliphatic imine (C=N–C) groups is 1. The molecule has 0 amide bonds. The lowest BCUT2D eigenvalue weighted by atomic mass is 9.56. The fraction of sp³-hybridized carbons (Fsp3) is 0.950. The van der Waals surface area contributed by atoms with Crippen LogP contribution in [0.25, 0.3) is 0 Å². The molecule has 3 rings (SSSR count). The molecular formula is C20H38N4O. The first-order valence-corrected chi connectivity index (χ1v) is 10.2. The summed E-state index contributed by atoms with van der Waals surface area (Å²) in [5.41, 5.74) is 0.0793. The first-order valence-electron chi connectivity index (χ1n) is 10.2. The van der Waals surface area contributed by atoms with Crippen molar-refractivity contribution < 1.29 is 4.74 Å². The third-order valence-corrected chi connectivity index (χ3v) is 7.34. The number of nitrogens with one attached hydrogen (secondary N) is 1. The van der Waals surface area contributed by atoms with Crippen molar-refractivity contribution >= 4 is 5.96 Å². The lowest BCUT2D eigenvalue weighted by Crippen LogP contribution is -2.69. The van der Waals surface area contributed by atoms with Crippen molar-refractivity contribution in [1.29, 1.82) is 0 Å². The van der Waals surface area contributed by atoms with E-state index in [0.717, 1.165) is 31.4 Å². The Labute approximate surface area is 154 Å². The van der Waals surface area contributed by atoms with Gasteiger partial charge in [-0.2, -0.15) is 0 Å². The number of piperidine rings is 1. The summed E-state index contributed by atoms with van der Waals surface area (Å²) in [6, 6.07) is 0.428. The Kier molecular flexibility index (Phi) is 5.64. The normalized spacial score (nSPS) is 36.4. The van der Waals surface area contributed by atoms with Gasteiger partial charge in [0.05, 0.1) is 5.60 Å². The number of likely N-dealkylation sites (tertiary alicyclic amines) is 2. The number of hydrogen-bond acceptors (Lipinski definition) is 3. The van der Waals surface area contributed by atoms with Crippen LogP contribution in [0.3, 0.4) is 0 Å². The van der Waals surface area contributed by atoms with Crippen LogP contribution in [-0.2, 0) is 4.74 Å². The molecule has 0 aromatic heterocycles. The molecule has 144 valence electrons. The molecule has 0 spiro atoms. The second kappa shape index (κ2) is 7.43. The maximum atomic E-state index is 5.76. The van der Waals surface area contributed by atoms with E-state index in [9.17, 15) is 0 Å². The lowest BCUT2D eigenvalue weighted by molar-refractivity contribution is -0.176. The Bertz CT molecular complexity index is 486. The third kappa shape index (κ3) is 3.68. The van der Waals surface area contributed by atoms with Crippen LogP contribution in [0.2, 0.25) is 0 Å². The van der Waals surface area contributed by atoms with Gasteiger partial charge >= 0.3 is 0 Å². The van der Waals surface area contributed by atoms with E-state index in [2.05, 4.69) is 40.9 Å². The highest BCUT2D eigenvalue weighted by molar-refractivity contribution is 5.80. The van der Waals surface area contributed by atoms with E-state index in [0.29, 0.717) is 6.04 Å². The number of nitrogens with zero attached hydrogens (tertiary/aromatic N) is 3. The molecule has 25 heavy (non-hydrogen) atoms. The molecule has 2 heterocycles. The minimum atomic E-state index is -0.0364. The van der Waals surface area contributed by atoms with Gasteiger partial charge in [0.15, 0.2) is 5.96 Å². The van der Waals surface area contributed by atoms with Crippen LogP contribution >= 0.6 is 0 Å². The Hall–Kier alpha value is -0.810. The van der Waals surface area contributed by atoms with Gasteiger partial charge in [-0.25, -0.2) is 0 Å². The van der Waals surface area contributed by atoms with Crippen LogP contribution in [0.5, 0.6) is 0 Å². The molecule has 3 unspecified atom stereocenters. The van der Waals surface area contributed by atoms with Gasteiger partial charge in [0.25, 0.3) is 0 Å². The number of guanidine groups is 1. The molecule has 1 saturated carbocycles. The standard InChI is InChI=1S/C20H38N4O/c1-19(2)17(13-20(19,3)25-5)22-18(21-4)24-12-9-16(15-24)14-23-10-7-6-8-11-23/h16-17H,6-15H2,1-5H3,(H,21,22). The summed E-state index contributed by atoms with van der Waals surface area (Å²) in [4.78, 5) is 9.73. The van der Waals surface area contributed by atoms with E-state index < -0.39 is 0 Å². The van der Waals surface area contributed by atoms with Crippen molar-refractivity contribution in [1.82, 2.24) is 15.1 Å². The predicted molar refractivity (Wildman–Crippen MR) is 104 cm³/mol. The second-order valence-electron chi connectivity index (χ2n) is 9.07. The maximum absolute atomic E-state index is 5.76. The van der Waals surface area contributed by atoms with Crippen LogP contribution in [0.4, 0.5) is 0 Å². The smallest absolute Gasteiger partial charge is 0.193 e.